The molecule has 3 rings (SSSR count). The summed E-state index contributed by atoms with van der Waals surface area (Å²) in [7, 11) is 0. The van der Waals surface area contributed by atoms with E-state index in [0.717, 1.165) is 5.56 Å². The van der Waals surface area contributed by atoms with E-state index in [-0.39, 0.29) is 11.3 Å². The van der Waals surface area contributed by atoms with Crippen LogP contribution in [0.5, 0.6) is 5.75 Å². The summed E-state index contributed by atoms with van der Waals surface area (Å²) in [6.45, 7) is -3.02. The molecular weight excluding hydrogens is 304 g/mol. The quantitative estimate of drug-likeness (QED) is 0.654. The fourth-order valence-electron chi connectivity index (χ4n) is 2.10. The number of benzene rings is 2. The number of carbonyl (C=O) groups is 1. The van der Waals surface area contributed by atoms with Gasteiger partial charge in [-0.3, -0.25) is 4.79 Å². The van der Waals surface area contributed by atoms with E-state index in [0.29, 0.717) is 23.5 Å². The Bertz CT molecular complexity index is 816. The molecule has 0 saturated heterocycles. The number of hydrogen-bond donors (Lipinski definition) is 0. The van der Waals surface area contributed by atoms with Crippen LogP contribution in [0.3, 0.4) is 0 Å². The molecule has 0 N–H and O–H groups in total. The van der Waals surface area contributed by atoms with Gasteiger partial charge in [0.25, 0.3) is 0 Å². The topological polar surface area (TPSA) is 52.3 Å². The first-order valence-corrected chi connectivity index (χ1v) is 6.73. The molecule has 116 valence electrons. The van der Waals surface area contributed by atoms with E-state index in [2.05, 4.69) is 9.72 Å². The van der Waals surface area contributed by atoms with E-state index >= 15 is 0 Å². The van der Waals surface area contributed by atoms with Crippen LogP contribution in [0.2, 0.25) is 0 Å². The fraction of sp³-hybridized carbons (Fsp3) is 0.0588. The predicted molar refractivity (Wildman–Crippen MR) is 79.4 cm³/mol. The molecule has 0 atom stereocenters. The van der Waals surface area contributed by atoms with Crippen molar-refractivity contribution in [2.24, 2.45) is 0 Å². The first-order valence-electron chi connectivity index (χ1n) is 6.73. The van der Waals surface area contributed by atoms with Gasteiger partial charge in [-0.15, -0.1) is 0 Å². The minimum absolute atomic E-state index is 0.0387. The molecule has 23 heavy (non-hydrogen) atoms. The zero-order valence-corrected chi connectivity index (χ0v) is 11.8. The maximum Gasteiger partial charge on any atom is 0.387 e. The number of nitrogens with zero attached hydrogens (tertiary/aromatic N) is 1. The standard InChI is InChI=1S/C17H11F2NO3/c18-17(19)23-14-8-12(6-7-13(14)10-21)15-9-20-16(22-15)11-4-2-1-3-5-11/h1-10,17H. The van der Waals surface area contributed by atoms with E-state index in [1.807, 2.05) is 30.3 Å². The van der Waals surface area contributed by atoms with Gasteiger partial charge in [0.2, 0.25) is 5.89 Å². The van der Waals surface area contributed by atoms with Crippen LogP contribution in [0.1, 0.15) is 10.4 Å². The Balaban J connectivity index is 1.96. The van der Waals surface area contributed by atoms with E-state index < -0.39 is 6.61 Å². The molecule has 0 aliphatic heterocycles. The third-order valence-corrected chi connectivity index (χ3v) is 3.17. The molecule has 0 spiro atoms. The number of halogens is 2. The second-order valence-electron chi connectivity index (χ2n) is 4.64. The van der Waals surface area contributed by atoms with Crippen LogP contribution >= 0.6 is 0 Å². The lowest BCUT2D eigenvalue weighted by Gasteiger charge is -2.08. The summed E-state index contributed by atoms with van der Waals surface area (Å²) in [5, 5.41) is 0. The molecule has 0 unspecified atom stereocenters. The number of carbonyl (C=O) groups excluding carboxylic acids is 1. The molecule has 0 bridgehead atoms. The number of aromatic nitrogens is 1. The molecule has 6 heteroatoms. The smallest absolute Gasteiger partial charge is 0.387 e. The summed E-state index contributed by atoms with van der Waals surface area (Å²) < 4.78 is 34.9. The van der Waals surface area contributed by atoms with Gasteiger partial charge < -0.3 is 9.15 Å². The van der Waals surface area contributed by atoms with E-state index in [1.54, 1.807) is 6.07 Å². The number of aldehydes is 1. The monoisotopic (exact) mass is 315 g/mol. The highest BCUT2D eigenvalue weighted by atomic mass is 19.3. The van der Waals surface area contributed by atoms with Crippen LogP contribution in [0, 0.1) is 0 Å². The van der Waals surface area contributed by atoms with Gasteiger partial charge in [-0.05, 0) is 24.3 Å². The Labute approximate surface area is 130 Å². The summed E-state index contributed by atoms with van der Waals surface area (Å²) in [6, 6.07) is 13.6. The molecule has 1 aromatic heterocycles. The Morgan fingerprint density at radius 2 is 1.87 bits per heavy atom. The van der Waals surface area contributed by atoms with Crippen LogP contribution in [0.4, 0.5) is 8.78 Å². The SMILES string of the molecule is O=Cc1ccc(-c2cnc(-c3ccccc3)o2)cc1OC(F)F. The lowest BCUT2D eigenvalue weighted by atomic mass is 10.1. The molecular formula is C17H11F2NO3. The first kappa shape index (κ1) is 14.9. The van der Waals surface area contributed by atoms with Gasteiger partial charge in [0.15, 0.2) is 12.0 Å². The maximum absolute atomic E-state index is 12.4. The zero-order valence-electron chi connectivity index (χ0n) is 11.8. The summed E-state index contributed by atoms with van der Waals surface area (Å²) in [5.41, 5.74) is 1.32. The van der Waals surface area contributed by atoms with Crippen molar-refractivity contribution in [1.29, 1.82) is 0 Å². The van der Waals surface area contributed by atoms with Crippen molar-refractivity contribution in [2.45, 2.75) is 6.61 Å². The van der Waals surface area contributed by atoms with Gasteiger partial charge in [0.1, 0.15) is 5.75 Å². The minimum Gasteiger partial charge on any atom is -0.436 e. The Kier molecular flexibility index (Phi) is 4.14. The van der Waals surface area contributed by atoms with Crippen molar-refractivity contribution in [3.05, 3.63) is 60.3 Å². The average Bonchev–Trinajstić information content (AvgIpc) is 3.05. The van der Waals surface area contributed by atoms with Crippen molar-refractivity contribution in [1.82, 2.24) is 4.98 Å². The molecule has 0 radical (unpaired) electrons. The van der Waals surface area contributed by atoms with Gasteiger partial charge in [-0.1, -0.05) is 24.3 Å². The molecule has 3 aromatic rings. The van der Waals surface area contributed by atoms with Gasteiger partial charge in [-0.2, -0.15) is 8.78 Å². The Morgan fingerprint density at radius 1 is 1.09 bits per heavy atom. The van der Waals surface area contributed by atoms with Crippen molar-refractivity contribution < 1.29 is 22.7 Å². The highest BCUT2D eigenvalue weighted by Crippen LogP contribution is 2.30. The van der Waals surface area contributed by atoms with Crippen LogP contribution < -0.4 is 4.74 Å². The molecule has 1 heterocycles. The van der Waals surface area contributed by atoms with Crippen LogP contribution in [-0.4, -0.2) is 17.9 Å². The predicted octanol–water partition coefficient (Wildman–Crippen LogP) is 4.42. The third-order valence-electron chi connectivity index (χ3n) is 3.17. The van der Waals surface area contributed by atoms with Gasteiger partial charge in [0, 0.05) is 11.1 Å². The van der Waals surface area contributed by atoms with Gasteiger partial charge in [-0.25, -0.2) is 4.98 Å². The number of oxazole rings is 1. The number of rotatable bonds is 5. The van der Waals surface area contributed by atoms with Crippen molar-refractivity contribution >= 4 is 6.29 Å². The largest absolute Gasteiger partial charge is 0.436 e. The Morgan fingerprint density at radius 3 is 2.57 bits per heavy atom. The van der Waals surface area contributed by atoms with Crippen LogP contribution in [0.15, 0.2) is 59.1 Å². The fourth-order valence-corrected chi connectivity index (χ4v) is 2.10. The van der Waals surface area contributed by atoms with Crippen molar-refractivity contribution in [2.75, 3.05) is 0 Å². The van der Waals surface area contributed by atoms with Gasteiger partial charge in [0.05, 0.1) is 11.8 Å². The third kappa shape index (κ3) is 3.26. The molecule has 0 amide bonds. The summed E-state index contributed by atoms with van der Waals surface area (Å²) >= 11 is 0. The Hall–Kier alpha value is -3.02. The molecule has 0 fully saturated rings. The highest BCUT2D eigenvalue weighted by molar-refractivity contribution is 5.81. The van der Waals surface area contributed by atoms with Gasteiger partial charge >= 0.3 is 6.61 Å². The zero-order chi connectivity index (χ0) is 16.2. The molecule has 4 nitrogen and oxygen atoms in total. The maximum atomic E-state index is 12.4. The first-order chi connectivity index (χ1) is 11.2. The van der Waals surface area contributed by atoms with Crippen LogP contribution in [-0.2, 0) is 0 Å². The second kappa shape index (κ2) is 6.39. The average molecular weight is 315 g/mol. The van der Waals surface area contributed by atoms with Crippen LogP contribution in [0.25, 0.3) is 22.8 Å². The van der Waals surface area contributed by atoms with Crippen molar-refractivity contribution in [3.63, 3.8) is 0 Å². The summed E-state index contributed by atoms with van der Waals surface area (Å²) in [4.78, 5) is 15.1. The normalized spacial score (nSPS) is 10.7. The number of alkyl halides is 2. The van der Waals surface area contributed by atoms with E-state index in [1.165, 1.54) is 18.3 Å². The molecule has 0 aliphatic rings. The molecule has 0 aliphatic carbocycles. The summed E-state index contributed by atoms with van der Waals surface area (Å²) in [5.74, 6) is 0.599. The molecule has 0 saturated carbocycles. The number of ether oxygens (including phenoxy) is 1. The highest BCUT2D eigenvalue weighted by Gasteiger charge is 2.14. The minimum atomic E-state index is -3.02. The van der Waals surface area contributed by atoms with E-state index in [4.69, 9.17) is 4.42 Å². The van der Waals surface area contributed by atoms with E-state index in [9.17, 15) is 13.6 Å². The summed E-state index contributed by atoms with van der Waals surface area (Å²) in [6.07, 6.45) is 1.95. The lowest BCUT2D eigenvalue weighted by Crippen LogP contribution is -2.04. The second-order valence-corrected chi connectivity index (χ2v) is 4.64. The van der Waals surface area contributed by atoms with Crippen molar-refractivity contribution in [3.8, 4) is 28.5 Å². The number of hydrogen-bond acceptors (Lipinski definition) is 4. The lowest BCUT2D eigenvalue weighted by molar-refractivity contribution is -0.0500. The molecule has 2 aromatic carbocycles.